The minimum atomic E-state index is -0.988. The average molecular weight is 155 g/mol. The molecule has 0 radical (unpaired) electrons. The Hall–Kier alpha value is -0.480. The molecule has 0 unspecified atom stereocenters. The first-order valence-corrected chi connectivity index (χ1v) is 2.44. The summed E-state index contributed by atoms with van der Waals surface area (Å²) in [6.07, 6.45) is -0.287. The van der Waals surface area contributed by atoms with Crippen molar-refractivity contribution >= 4 is 18.5 Å². The van der Waals surface area contributed by atoms with E-state index in [1.807, 2.05) is 0 Å². The Kier molecular flexibility index (Phi) is 9.47. The number of carbonyl (C=O) groups is 1. The van der Waals surface area contributed by atoms with E-state index in [1.54, 1.807) is 0 Å². The van der Waals surface area contributed by atoms with Gasteiger partial charge in [-0.1, -0.05) is 0 Å². The molecule has 56 valence electrons. The normalized spacial score (nSPS) is 7.67. The van der Waals surface area contributed by atoms with Gasteiger partial charge in [0.15, 0.2) is 0 Å². The summed E-state index contributed by atoms with van der Waals surface area (Å²) in [5.74, 6) is 0. The molecule has 0 saturated heterocycles. The molecule has 0 aliphatic heterocycles. The molecule has 4 nitrogen and oxygen atoms in total. The zero-order valence-corrected chi connectivity index (χ0v) is 5.78. The summed E-state index contributed by atoms with van der Waals surface area (Å²) in [5, 5.41) is 10.2. The second-order valence-corrected chi connectivity index (χ2v) is 1.37. The molecule has 4 N–H and O–H groups in total. The van der Waals surface area contributed by atoms with Crippen LogP contribution in [0.25, 0.3) is 0 Å². The summed E-state index contributed by atoms with van der Waals surface area (Å²) in [6.45, 7) is 0.978. The van der Waals surface area contributed by atoms with Crippen molar-refractivity contribution in [2.45, 2.75) is 6.42 Å². The van der Waals surface area contributed by atoms with Crippen LogP contribution in [0, 0.1) is 0 Å². The van der Waals surface area contributed by atoms with Gasteiger partial charge in [-0.05, 0) is 13.0 Å². The van der Waals surface area contributed by atoms with Crippen LogP contribution in [0.1, 0.15) is 6.42 Å². The molecule has 0 bridgehead atoms. The van der Waals surface area contributed by atoms with Gasteiger partial charge in [0.1, 0.15) is 0 Å². The van der Waals surface area contributed by atoms with Crippen molar-refractivity contribution in [1.82, 2.24) is 5.32 Å². The molecule has 0 aromatic carbocycles. The summed E-state index contributed by atoms with van der Waals surface area (Å²) >= 11 is 0. The predicted molar refractivity (Wildman–Crippen MR) is 36.9 cm³/mol. The number of hydrogen-bond donors (Lipinski definition) is 3. The van der Waals surface area contributed by atoms with Gasteiger partial charge in [-0.15, -0.1) is 12.4 Å². The zero-order chi connectivity index (χ0) is 6.41. The Balaban J connectivity index is 0. The Morgan fingerprint density at radius 2 is 2.22 bits per heavy atom. The highest BCUT2D eigenvalue weighted by Gasteiger charge is 1.88. The number of rotatable bonds is 3. The van der Waals surface area contributed by atoms with Crippen molar-refractivity contribution < 1.29 is 9.90 Å². The van der Waals surface area contributed by atoms with Gasteiger partial charge >= 0.3 is 6.09 Å². The number of nitrogens with one attached hydrogen (secondary N) is 1. The molecule has 1 amide bonds. The van der Waals surface area contributed by atoms with Crippen LogP contribution in [0.3, 0.4) is 0 Å². The van der Waals surface area contributed by atoms with E-state index in [9.17, 15) is 4.79 Å². The Bertz CT molecular complexity index is 79.0. The van der Waals surface area contributed by atoms with Crippen LogP contribution in [0.5, 0.6) is 0 Å². The van der Waals surface area contributed by atoms with E-state index in [0.29, 0.717) is 19.5 Å². The highest BCUT2D eigenvalue weighted by molar-refractivity contribution is 5.85. The van der Waals surface area contributed by atoms with Gasteiger partial charge in [0.25, 0.3) is 0 Å². The molecule has 0 rings (SSSR count). The number of carboxylic acid groups (broad SMARTS) is 1. The molecule has 0 aromatic rings. The van der Waals surface area contributed by atoms with Gasteiger partial charge in [0.2, 0.25) is 0 Å². The number of amides is 1. The molecule has 0 aromatic heterocycles. The first kappa shape index (κ1) is 11.3. The average Bonchev–Trinajstić information content (AvgIpc) is 1.66. The summed E-state index contributed by atoms with van der Waals surface area (Å²) in [4.78, 5) is 9.72. The van der Waals surface area contributed by atoms with Crippen LogP contribution in [-0.4, -0.2) is 24.3 Å². The molecule has 0 atom stereocenters. The summed E-state index contributed by atoms with van der Waals surface area (Å²) in [5.41, 5.74) is 5.08. The van der Waals surface area contributed by atoms with Gasteiger partial charge in [-0.25, -0.2) is 4.79 Å². The Labute approximate surface area is 59.8 Å². The lowest BCUT2D eigenvalue weighted by Crippen LogP contribution is -2.23. The van der Waals surface area contributed by atoms with Gasteiger partial charge in [-0.2, -0.15) is 0 Å². The van der Waals surface area contributed by atoms with Crippen molar-refractivity contribution in [3.05, 3.63) is 0 Å². The minimum absolute atomic E-state index is 0. The van der Waals surface area contributed by atoms with Crippen LogP contribution < -0.4 is 11.1 Å². The van der Waals surface area contributed by atoms with Crippen molar-refractivity contribution in [2.75, 3.05) is 13.1 Å². The van der Waals surface area contributed by atoms with Crippen molar-refractivity contribution in [2.24, 2.45) is 5.73 Å². The molecule has 0 heterocycles. The van der Waals surface area contributed by atoms with Crippen molar-refractivity contribution in [3.63, 3.8) is 0 Å². The fourth-order valence-electron chi connectivity index (χ4n) is 0.297. The third-order valence-corrected chi connectivity index (χ3v) is 0.657. The van der Waals surface area contributed by atoms with Crippen LogP contribution in [0.2, 0.25) is 0 Å². The molecular weight excluding hydrogens is 144 g/mol. The first-order chi connectivity index (χ1) is 3.77. The second-order valence-electron chi connectivity index (χ2n) is 1.37. The summed E-state index contributed by atoms with van der Waals surface area (Å²) in [7, 11) is 0. The van der Waals surface area contributed by atoms with E-state index in [4.69, 9.17) is 10.8 Å². The van der Waals surface area contributed by atoms with E-state index in [1.165, 1.54) is 0 Å². The highest BCUT2D eigenvalue weighted by Crippen LogP contribution is 1.68. The highest BCUT2D eigenvalue weighted by atomic mass is 35.5. The van der Waals surface area contributed by atoms with E-state index in [-0.39, 0.29) is 12.4 Å². The van der Waals surface area contributed by atoms with E-state index >= 15 is 0 Å². The molecule has 9 heavy (non-hydrogen) atoms. The molecular formula is C4H11ClN2O2. The monoisotopic (exact) mass is 154 g/mol. The van der Waals surface area contributed by atoms with Gasteiger partial charge in [0, 0.05) is 6.54 Å². The Morgan fingerprint density at radius 1 is 1.67 bits per heavy atom. The number of nitrogens with two attached hydrogens (primary N) is 1. The molecule has 0 saturated carbocycles. The quantitative estimate of drug-likeness (QED) is 0.502. The van der Waals surface area contributed by atoms with Crippen molar-refractivity contribution in [3.8, 4) is 0 Å². The minimum Gasteiger partial charge on any atom is -0.465 e. The Morgan fingerprint density at radius 3 is 2.56 bits per heavy atom. The maximum atomic E-state index is 9.72. The van der Waals surface area contributed by atoms with Gasteiger partial charge in [-0.3, -0.25) is 0 Å². The van der Waals surface area contributed by atoms with Gasteiger partial charge in [0.05, 0.1) is 0 Å². The fraction of sp³-hybridized carbons (Fsp3) is 0.750. The molecule has 5 heteroatoms. The fourth-order valence-corrected chi connectivity index (χ4v) is 0.297. The maximum Gasteiger partial charge on any atom is 0.404 e. The summed E-state index contributed by atoms with van der Waals surface area (Å²) < 4.78 is 0. The third kappa shape index (κ3) is 11.2. The molecule has 0 fully saturated rings. The third-order valence-electron chi connectivity index (χ3n) is 0.657. The van der Waals surface area contributed by atoms with E-state index < -0.39 is 6.09 Å². The maximum absolute atomic E-state index is 9.72. The molecule has 0 aliphatic rings. The first-order valence-electron chi connectivity index (χ1n) is 2.44. The smallest absolute Gasteiger partial charge is 0.404 e. The zero-order valence-electron chi connectivity index (χ0n) is 4.96. The van der Waals surface area contributed by atoms with E-state index in [2.05, 4.69) is 5.32 Å². The predicted octanol–water partition coefficient (Wildman–Crippen LogP) is 0.0246. The van der Waals surface area contributed by atoms with Crippen LogP contribution in [0.4, 0.5) is 4.79 Å². The topological polar surface area (TPSA) is 75.3 Å². The number of halogens is 1. The SMILES string of the molecule is Cl.NCCCNC(=O)O. The van der Waals surface area contributed by atoms with E-state index in [0.717, 1.165) is 0 Å². The van der Waals surface area contributed by atoms with Crippen LogP contribution >= 0.6 is 12.4 Å². The number of hydrogen-bond acceptors (Lipinski definition) is 2. The lowest BCUT2D eigenvalue weighted by molar-refractivity contribution is 0.194. The largest absolute Gasteiger partial charge is 0.465 e. The lowest BCUT2D eigenvalue weighted by atomic mass is 10.4. The summed E-state index contributed by atoms with van der Waals surface area (Å²) in [6, 6.07) is 0. The standard InChI is InChI=1S/C4H10N2O2.ClH/c5-2-1-3-6-4(7)8;/h6H,1-3,5H2,(H,7,8);1H. The van der Waals surface area contributed by atoms with Gasteiger partial charge < -0.3 is 16.2 Å². The molecule has 0 spiro atoms. The lowest BCUT2D eigenvalue weighted by Gasteiger charge is -1.94. The van der Waals surface area contributed by atoms with Crippen LogP contribution in [-0.2, 0) is 0 Å². The second kappa shape index (κ2) is 7.52. The molecule has 0 aliphatic carbocycles. The van der Waals surface area contributed by atoms with Crippen LogP contribution in [0.15, 0.2) is 0 Å². The van der Waals surface area contributed by atoms with Crippen molar-refractivity contribution in [1.29, 1.82) is 0 Å².